The zero-order chi connectivity index (χ0) is 17.5. The summed E-state index contributed by atoms with van der Waals surface area (Å²) in [7, 11) is -0.731. The summed E-state index contributed by atoms with van der Waals surface area (Å²) in [6.45, 7) is 0. The summed E-state index contributed by atoms with van der Waals surface area (Å²) in [5.41, 5.74) is 1.65. The second kappa shape index (κ2) is 5.99. The summed E-state index contributed by atoms with van der Waals surface area (Å²) in [5.74, 6) is 0.295. The number of rotatable bonds is 4. The van der Waals surface area contributed by atoms with Gasteiger partial charge in [-0.25, -0.2) is 8.42 Å². The van der Waals surface area contributed by atoms with E-state index in [4.69, 9.17) is 16.3 Å². The first-order valence-electron chi connectivity index (χ1n) is 7.07. The first kappa shape index (κ1) is 16.6. The lowest BCUT2D eigenvalue weighted by atomic mass is 10.2. The van der Waals surface area contributed by atoms with Gasteiger partial charge in [-0.15, -0.1) is 0 Å². The summed E-state index contributed by atoms with van der Waals surface area (Å²) in [4.78, 5) is 13.3. The number of carbonyl (C=O) groups excluding carboxylic acids is 1. The molecule has 3 rings (SSSR count). The van der Waals surface area contributed by atoms with Crippen LogP contribution in [0.2, 0.25) is 5.02 Å². The molecule has 2 aromatic carbocycles. The molecule has 1 heterocycles. The Hall–Kier alpha value is -2.25. The average molecular weight is 367 g/mol. The van der Waals surface area contributed by atoms with Gasteiger partial charge in [-0.3, -0.25) is 9.52 Å². The van der Waals surface area contributed by atoms with Crippen molar-refractivity contribution in [3.63, 3.8) is 0 Å². The SMILES string of the molecule is COc1ccc(Cl)cc1NS(=O)(=O)c1ccc2c(c1)CC(=O)N2C. The molecule has 1 N–H and O–H groups in total. The molecule has 0 fully saturated rings. The lowest BCUT2D eigenvalue weighted by Gasteiger charge is -2.14. The van der Waals surface area contributed by atoms with Crippen LogP contribution >= 0.6 is 11.6 Å². The van der Waals surface area contributed by atoms with Gasteiger partial charge in [0.05, 0.1) is 24.1 Å². The summed E-state index contributed by atoms with van der Waals surface area (Å²) in [6, 6.07) is 9.27. The lowest BCUT2D eigenvalue weighted by molar-refractivity contribution is -0.117. The van der Waals surface area contributed by atoms with Crippen LogP contribution in [-0.4, -0.2) is 28.5 Å². The molecule has 0 aromatic heterocycles. The van der Waals surface area contributed by atoms with Gasteiger partial charge in [0.25, 0.3) is 10.0 Å². The fourth-order valence-electron chi connectivity index (χ4n) is 2.58. The summed E-state index contributed by atoms with van der Waals surface area (Å²) >= 11 is 5.92. The molecule has 126 valence electrons. The highest BCUT2D eigenvalue weighted by Crippen LogP contribution is 2.32. The fraction of sp³-hybridized carbons (Fsp3) is 0.188. The van der Waals surface area contributed by atoms with Crippen LogP contribution in [0.1, 0.15) is 5.56 Å². The maximum atomic E-state index is 12.6. The van der Waals surface area contributed by atoms with Crippen LogP contribution in [0.15, 0.2) is 41.3 Å². The highest BCUT2D eigenvalue weighted by atomic mass is 35.5. The molecule has 0 spiro atoms. The molecular weight excluding hydrogens is 352 g/mol. The molecule has 0 bridgehead atoms. The number of benzene rings is 2. The van der Waals surface area contributed by atoms with Crippen molar-refractivity contribution < 1.29 is 17.9 Å². The fourth-order valence-corrected chi connectivity index (χ4v) is 3.86. The number of nitrogens with one attached hydrogen (secondary N) is 1. The van der Waals surface area contributed by atoms with Crippen LogP contribution in [0.3, 0.4) is 0 Å². The van der Waals surface area contributed by atoms with Crippen molar-refractivity contribution in [1.82, 2.24) is 0 Å². The second-order valence-corrected chi connectivity index (χ2v) is 7.49. The molecule has 1 aliphatic heterocycles. The van der Waals surface area contributed by atoms with Crippen LogP contribution in [0.25, 0.3) is 0 Å². The predicted octanol–water partition coefficient (Wildman–Crippen LogP) is 2.67. The van der Waals surface area contributed by atoms with Crippen LogP contribution in [0.5, 0.6) is 5.75 Å². The Morgan fingerprint density at radius 3 is 2.67 bits per heavy atom. The number of hydrogen-bond acceptors (Lipinski definition) is 4. The largest absolute Gasteiger partial charge is 0.495 e. The number of hydrogen-bond donors (Lipinski definition) is 1. The van der Waals surface area contributed by atoms with Gasteiger partial charge in [0.2, 0.25) is 5.91 Å². The maximum Gasteiger partial charge on any atom is 0.262 e. The molecule has 8 heteroatoms. The number of sulfonamides is 1. The monoisotopic (exact) mass is 366 g/mol. The Kier molecular flexibility index (Phi) is 4.15. The summed E-state index contributed by atoms with van der Waals surface area (Å²) in [6.07, 6.45) is 0.190. The van der Waals surface area contributed by atoms with Gasteiger partial charge in [-0.2, -0.15) is 0 Å². The minimum atomic E-state index is -3.84. The molecule has 1 aliphatic rings. The van der Waals surface area contributed by atoms with Gasteiger partial charge in [0.1, 0.15) is 5.75 Å². The van der Waals surface area contributed by atoms with Gasteiger partial charge in [-0.05, 0) is 42.0 Å². The number of carbonyl (C=O) groups is 1. The number of fused-ring (bicyclic) bond motifs is 1. The van der Waals surface area contributed by atoms with Crippen molar-refractivity contribution >= 4 is 38.9 Å². The Morgan fingerprint density at radius 1 is 1.21 bits per heavy atom. The molecule has 0 aliphatic carbocycles. The number of methoxy groups -OCH3 is 1. The number of halogens is 1. The maximum absolute atomic E-state index is 12.6. The zero-order valence-corrected chi connectivity index (χ0v) is 14.6. The van der Waals surface area contributed by atoms with E-state index in [0.29, 0.717) is 16.3 Å². The van der Waals surface area contributed by atoms with Crippen molar-refractivity contribution in [2.24, 2.45) is 0 Å². The van der Waals surface area contributed by atoms with Crippen molar-refractivity contribution in [1.29, 1.82) is 0 Å². The number of ether oxygens (including phenoxy) is 1. The van der Waals surface area contributed by atoms with E-state index in [1.165, 1.54) is 30.2 Å². The smallest absolute Gasteiger partial charge is 0.262 e. The average Bonchev–Trinajstić information content (AvgIpc) is 2.81. The molecule has 2 aromatic rings. The minimum absolute atomic E-state index is 0.0657. The highest BCUT2D eigenvalue weighted by Gasteiger charge is 2.26. The van der Waals surface area contributed by atoms with E-state index < -0.39 is 10.0 Å². The van der Waals surface area contributed by atoms with E-state index in [1.807, 2.05) is 0 Å². The topological polar surface area (TPSA) is 75.7 Å². The summed E-state index contributed by atoms with van der Waals surface area (Å²) < 4.78 is 32.9. The molecule has 6 nitrogen and oxygen atoms in total. The Labute approximate surface area is 145 Å². The predicted molar refractivity (Wildman–Crippen MR) is 92.4 cm³/mol. The van der Waals surface area contributed by atoms with Crippen molar-refractivity contribution in [2.45, 2.75) is 11.3 Å². The lowest BCUT2D eigenvalue weighted by Crippen LogP contribution is -2.20. The van der Waals surface area contributed by atoms with Crippen LogP contribution in [0, 0.1) is 0 Å². The number of amides is 1. The molecular formula is C16H15ClN2O4S. The second-order valence-electron chi connectivity index (χ2n) is 5.37. The first-order valence-corrected chi connectivity index (χ1v) is 8.94. The highest BCUT2D eigenvalue weighted by molar-refractivity contribution is 7.92. The van der Waals surface area contributed by atoms with E-state index in [-0.39, 0.29) is 22.9 Å². The summed E-state index contributed by atoms with van der Waals surface area (Å²) in [5, 5.41) is 0.384. The Bertz CT molecular complexity index is 928. The molecule has 0 unspecified atom stereocenters. The number of nitrogens with zero attached hydrogens (tertiary/aromatic N) is 1. The molecule has 1 amide bonds. The third-order valence-electron chi connectivity index (χ3n) is 3.84. The number of likely N-dealkylation sites (N-methyl/N-ethyl adjacent to an activating group) is 1. The van der Waals surface area contributed by atoms with Crippen LogP contribution in [-0.2, 0) is 21.2 Å². The third kappa shape index (κ3) is 2.92. The molecule has 0 radical (unpaired) electrons. The Balaban J connectivity index is 1.97. The van der Waals surface area contributed by atoms with Gasteiger partial charge in [0.15, 0.2) is 0 Å². The first-order chi connectivity index (χ1) is 11.3. The van der Waals surface area contributed by atoms with Crippen molar-refractivity contribution in [3.8, 4) is 5.75 Å². The van der Waals surface area contributed by atoms with E-state index in [2.05, 4.69) is 4.72 Å². The standard InChI is InChI=1S/C16H15ClN2O4S/c1-19-14-5-4-12(7-10(14)8-16(19)20)24(21,22)18-13-9-11(17)3-6-15(13)23-2/h3-7,9,18H,8H2,1-2H3. The van der Waals surface area contributed by atoms with Gasteiger partial charge >= 0.3 is 0 Å². The van der Waals surface area contributed by atoms with Crippen LogP contribution < -0.4 is 14.4 Å². The van der Waals surface area contributed by atoms with Gasteiger partial charge in [0, 0.05) is 17.8 Å². The molecule has 24 heavy (non-hydrogen) atoms. The van der Waals surface area contributed by atoms with Gasteiger partial charge < -0.3 is 9.64 Å². The Morgan fingerprint density at radius 2 is 1.96 bits per heavy atom. The third-order valence-corrected chi connectivity index (χ3v) is 5.44. The zero-order valence-electron chi connectivity index (χ0n) is 13.0. The normalized spacial score (nSPS) is 13.8. The molecule has 0 saturated heterocycles. The van der Waals surface area contributed by atoms with Gasteiger partial charge in [-0.1, -0.05) is 11.6 Å². The van der Waals surface area contributed by atoms with E-state index in [1.54, 1.807) is 25.2 Å². The molecule has 0 saturated carbocycles. The van der Waals surface area contributed by atoms with E-state index >= 15 is 0 Å². The number of anilines is 2. The van der Waals surface area contributed by atoms with Crippen molar-refractivity contribution in [3.05, 3.63) is 47.0 Å². The van der Waals surface area contributed by atoms with E-state index in [0.717, 1.165) is 5.69 Å². The molecule has 0 atom stereocenters. The minimum Gasteiger partial charge on any atom is -0.495 e. The quantitative estimate of drug-likeness (QED) is 0.902. The van der Waals surface area contributed by atoms with E-state index in [9.17, 15) is 13.2 Å². The van der Waals surface area contributed by atoms with Crippen LogP contribution in [0.4, 0.5) is 11.4 Å². The van der Waals surface area contributed by atoms with Crippen molar-refractivity contribution in [2.75, 3.05) is 23.8 Å².